The summed E-state index contributed by atoms with van der Waals surface area (Å²) in [7, 11) is 0. The van der Waals surface area contributed by atoms with Crippen LogP contribution >= 0.6 is 15.9 Å². The van der Waals surface area contributed by atoms with Crippen LogP contribution in [0.5, 0.6) is 0 Å². The van der Waals surface area contributed by atoms with Crippen molar-refractivity contribution < 1.29 is 4.74 Å². The van der Waals surface area contributed by atoms with Crippen molar-refractivity contribution in [3.63, 3.8) is 0 Å². The zero-order valence-corrected chi connectivity index (χ0v) is 11.3. The van der Waals surface area contributed by atoms with Gasteiger partial charge in [-0.15, -0.1) is 0 Å². The summed E-state index contributed by atoms with van der Waals surface area (Å²) < 4.78 is 7.78. The van der Waals surface area contributed by atoms with Gasteiger partial charge in [0.2, 0.25) is 0 Å². The molecule has 0 aromatic heterocycles. The Hall–Kier alpha value is 1.32. The fourth-order valence-corrected chi connectivity index (χ4v) is 3.71. The second kappa shape index (κ2) is 4.25. The topological polar surface area (TPSA) is 12.5 Å². The van der Waals surface area contributed by atoms with Gasteiger partial charge in [-0.25, -0.2) is 0 Å². The van der Waals surface area contributed by atoms with E-state index in [0.717, 1.165) is 51.2 Å². The second-order valence-corrected chi connectivity index (χ2v) is 5.35. The summed E-state index contributed by atoms with van der Waals surface area (Å²) in [4.78, 5) is 0. The maximum absolute atomic E-state index is 5.30. The SMILES string of the molecule is BrCC1COCC[N]1[Tl]. The molecule has 1 saturated heterocycles. The predicted octanol–water partition coefficient (Wildman–Crippen LogP) is 0.166. The van der Waals surface area contributed by atoms with Crippen molar-refractivity contribution in [3.05, 3.63) is 0 Å². The molecule has 1 aliphatic rings. The van der Waals surface area contributed by atoms with E-state index in [-0.39, 0.29) is 0 Å². The molecule has 0 radical (unpaired) electrons. The first kappa shape index (κ1) is 8.42. The van der Waals surface area contributed by atoms with Crippen molar-refractivity contribution in [2.24, 2.45) is 0 Å². The van der Waals surface area contributed by atoms with Gasteiger partial charge >= 0.3 is 80.6 Å². The first-order chi connectivity index (χ1) is 4.34. The average Bonchev–Trinajstić information content (AvgIpc) is 1.89. The van der Waals surface area contributed by atoms with E-state index in [2.05, 4.69) is 18.6 Å². The first-order valence-electron chi connectivity index (χ1n) is 2.99. The van der Waals surface area contributed by atoms with E-state index in [0.29, 0.717) is 6.04 Å². The Morgan fingerprint density at radius 3 is 3.00 bits per heavy atom. The summed E-state index contributed by atoms with van der Waals surface area (Å²) in [5, 5.41) is 1.06. The zero-order valence-electron chi connectivity index (χ0n) is 5.22. The Morgan fingerprint density at radius 2 is 2.56 bits per heavy atom. The molecule has 0 aliphatic carbocycles. The van der Waals surface area contributed by atoms with E-state index in [4.69, 9.17) is 4.74 Å². The Balaban J connectivity index is 2.30. The van der Waals surface area contributed by atoms with Crippen LogP contribution in [0.2, 0.25) is 0 Å². The van der Waals surface area contributed by atoms with Gasteiger partial charge in [0.05, 0.1) is 0 Å². The van der Waals surface area contributed by atoms with Crippen LogP contribution in [-0.2, 0) is 4.74 Å². The molecule has 0 saturated carbocycles. The Bertz CT molecular complexity index is 93.0. The van der Waals surface area contributed by atoms with Gasteiger partial charge in [0, 0.05) is 0 Å². The third-order valence-electron chi connectivity index (χ3n) is 1.45. The summed E-state index contributed by atoms with van der Waals surface area (Å²) in [5.41, 5.74) is 0. The van der Waals surface area contributed by atoms with Crippen LogP contribution in [-0.4, -0.2) is 59.9 Å². The van der Waals surface area contributed by atoms with Crippen molar-refractivity contribution in [2.45, 2.75) is 6.04 Å². The van der Waals surface area contributed by atoms with E-state index < -0.39 is 0 Å². The zero-order chi connectivity index (χ0) is 6.69. The molecule has 1 aliphatic heterocycles. The standard InChI is InChI=1S/C5H9BrNO.Tl/c6-3-5-4-8-2-1-7-5;/h5H,1-4H2;/q-1;+1. The summed E-state index contributed by atoms with van der Waals surface area (Å²) in [6.07, 6.45) is 0. The van der Waals surface area contributed by atoms with Gasteiger partial charge in [-0.1, -0.05) is 0 Å². The van der Waals surface area contributed by atoms with E-state index in [1.807, 2.05) is 0 Å². The van der Waals surface area contributed by atoms with Crippen molar-refractivity contribution in [2.75, 3.05) is 25.1 Å². The number of hydrogen-bond acceptors (Lipinski definition) is 2. The summed E-state index contributed by atoms with van der Waals surface area (Å²) in [5.74, 6) is 0. The van der Waals surface area contributed by atoms with Crippen LogP contribution in [0.3, 0.4) is 0 Å². The van der Waals surface area contributed by atoms with E-state index in [1.165, 1.54) is 0 Å². The fourth-order valence-electron chi connectivity index (χ4n) is 0.801. The van der Waals surface area contributed by atoms with Crippen LogP contribution in [0.25, 0.3) is 0 Å². The number of alkyl halides is 1. The van der Waals surface area contributed by atoms with Gasteiger partial charge in [0.25, 0.3) is 0 Å². The molecule has 0 bridgehead atoms. The van der Waals surface area contributed by atoms with Gasteiger partial charge in [-0.05, 0) is 0 Å². The average molecular weight is 383 g/mol. The normalized spacial score (nSPS) is 30.4. The van der Waals surface area contributed by atoms with Crippen LogP contribution in [0.1, 0.15) is 0 Å². The minimum absolute atomic E-state index is 0.656. The number of ether oxygens (including phenoxy) is 1. The maximum atomic E-state index is 5.30. The molecule has 0 amide bonds. The van der Waals surface area contributed by atoms with Gasteiger partial charge in [0.15, 0.2) is 0 Å². The van der Waals surface area contributed by atoms with Gasteiger partial charge in [0.1, 0.15) is 0 Å². The van der Waals surface area contributed by atoms with Crippen molar-refractivity contribution >= 4 is 42.0 Å². The Kier molecular flexibility index (Phi) is 3.98. The molecule has 1 unspecified atom stereocenters. The van der Waals surface area contributed by atoms with E-state index >= 15 is 0 Å². The van der Waals surface area contributed by atoms with Crippen LogP contribution < -0.4 is 0 Å². The molecule has 0 aromatic carbocycles. The summed E-state index contributed by atoms with van der Waals surface area (Å²) in [6, 6.07) is 0.656. The molecule has 4 heteroatoms. The molecule has 50 valence electrons. The van der Waals surface area contributed by atoms with Crippen molar-refractivity contribution in [1.29, 1.82) is 0 Å². The fraction of sp³-hybridized carbons (Fsp3) is 1.00. The Morgan fingerprint density at radius 1 is 1.78 bits per heavy atom. The van der Waals surface area contributed by atoms with Crippen molar-refractivity contribution in [1.82, 2.24) is 2.71 Å². The number of nitrogens with zero attached hydrogens (tertiary/aromatic N) is 1. The van der Waals surface area contributed by atoms with Crippen molar-refractivity contribution in [3.8, 4) is 0 Å². The number of halogens is 1. The molecule has 0 aromatic rings. The molecule has 1 fully saturated rings. The molecule has 1 heterocycles. The third-order valence-corrected chi connectivity index (χ3v) is 4.84. The minimum atomic E-state index is 0.656. The molecule has 9 heavy (non-hydrogen) atoms. The van der Waals surface area contributed by atoms with Crippen LogP contribution in [0.15, 0.2) is 0 Å². The van der Waals surface area contributed by atoms with Gasteiger partial charge in [-0.2, -0.15) is 0 Å². The molecule has 1 atom stereocenters. The molecule has 0 N–H and O–H groups in total. The quantitative estimate of drug-likeness (QED) is 0.473. The molecular weight excluding hydrogens is 374 g/mol. The molecular formula is C5H9BrNOTl. The number of rotatable bonds is 1. The summed E-state index contributed by atoms with van der Waals surface area (Å²) >= 11 is 4.43. The van der Waals surface area contributed by atoms with E-state index in [1.54, 1.807) is 0 Å². The van der Waals surface area contributed by atoms with Gasteiger partial charge in [-0.3, -0.25) is 0 Å². The summed E-state index contributed by atoms with van der Waals surface area (Å²) in [6.45, 7) is 2.99. The van der Waals surface area contributed by atoms with Crippen LogP contribution in [0.4, 0.5) is 0 Å². The third kappa shape index (κ3) is 2.44. The number of morpholine rings is 1. The molecule has 1 rings (SSSR count). The number of hydrogen-bond donors (Lipinski definition) is 0. The molecule has 2 nitrogen and oxygen atoms in total. The van der Waals surface area contributed by atoms with Crippen LogP contribution in [0, 0.1) is 0 Å². The van der Waals surface area contributed by atoms with Gasteiger partial charge < -0.3 is 0 Å². The first-order valence-corrected chi connectivity index (χ1v) is 6.12. The monoisotopic (exact) mass is 383 g/mol. The molecule has 0 spiro atoms. The Labute approximate surface area is 80.2 Å². The van der Waals surface area contributed by atoms with E-state index in [9.17, 15) is 0 Å². The second-order valence-electron chi connectivity index (χ2n) is 2.12. The predicted molar refractivity (Wildman–Crippen MR) is 40.9 cm³/mol.